The zero-order valence-corrected chi connectivity index (χ0v) is 22.2. The third kappa shape index (κ3) is 5.17. The Labute approximate surface area is 233 Å². The highest BCUT2D eigenvalue weighted by Gasteiger charge is 2.49. The van der Waals surface area contributed by atoms with Gasteiger partial charge in [0.05, 0.1) is 23.8 Å². The fourth-order valence-corrected chi connectivity index (χ4v) is 4.89. The molecule has 1 aliphatic heterocycles. The Morgan fingerprint density at radius 2 is 1.77 bits per heavy atom. The number of halogens is 3. The molecule has 1 fully saturated rings. The van der Waals surface area contributed by atoms with E-state index < -0.39 is 28.9 Å². The smallest absolute Gasteiger partial charge is 0.417 e. The summed E-state index contributed by atoms with van der Waals surface area (Å²) in [6.45, 7) is 12.6. The van der Waals surface area contributed by atoms with Gasteiger partial charge in [-0.05, 0) is 93.1 Å². The van der Waals surface area contributed by atoms with Crippen LogP contribution in [0.2, 0.25) is 0 Å². The van der Waals surface area contributed by atoms with Gasteiger partial charge >= 0.3 is 12.2 Å². The standard InChI is InChI=1S/C28H21F3N6O2S/c1-16-13-20(9-12-23(16)33-4)36-24(27(2,3)37(26(36)40)19-7-10-21(38)11-8-19)35-25(39)34-18-6-5-17(15-32)22(14-18)28(29,30)31/h5-14,38H,1-3H3,(H,34,39). The van der Waals surface area contributed by atoms with Crippen LogP contribution in [0.25, 0.3) is 4.85 Å². The van der Waals surface area contributed by atoms with E-state index in [4.69, 9.17) is 24.1 Å². The quantitative estimate of drug-likeness (QED) is 0.260. The monoisotopic (exact) mass is 562 g/mol. The summed E-state index contributed by atoms with van der Waals surface area (Å²) in [6.07, 6.45) is -4.80. The molecule has 1 saturated heterocycles. The van der Waals surface area contributed by atoms with Crippen LogP contribution < -0.4 is 15.1 Å². The largest absolute Gasteiger partial charge is 0.508 e. The van der Waals surface area contributed by atoms with Crippen LogP contribution in [0.5, 0.6) is 5.75 Å². The molecule has 40 heavy (non-hydrogen) atoms. The van der Waals surface area contributed by atoms with Crippen molar-refractivity contribution in [3.63, 3.8) is 0 Å². The predicted molar refractivity (Wildman–Crippen MR) is 150 cm³/mol. The van der Waals surface area contributed by atoms with E-state index in [2.05, 4.69) is 15.2 Å². The third-order valence-corrected chi connectivity index (χ3v) is 6.64. The molecule has 12 heteroatoms. The van der Waals surface area contributed by atoms with Gasteiger partial charge in [0.1, 0.15) is 17.1 Å². The maximum absolute atomic E-state index is 13.4. The van der Waals surface area contributed by atoms with Gasteiger partial charge in [-0.3, -0.25) is 4.90 Å². The highest BCUT2D eigenvalue weighted by atomic mass is 32.1. The highest BCUT2D eigenvalue weighted by Crippen LogP contribution is 2.39. The number of amidine groups is 1. The minimum atomic E-state index is -4.80. The van der Waals surface area contributed by atoms with Crippen LogP contribution in [0.4, 0.5) is 40.7 Å². The Hall–Kier alpha value is -4.94. The minimum Gasteiger partial charge on any atom is -0.508 e. The molecule has 202 valence electrons. The number of nitrogens with one attached hydrogen (secondary N) is 1. The molecule has 0 unspecified atom stereocenters. The van der Waals surface area contributed by atoms with E-state index in [1.807, 2.05) is 0 Å². The number of aliphatic imine (C=N–C) groups is 1. The number of aryl methyl sites for hydroxylation is 1. The lowest BCUT2D eigenvalue weighted by atomic mass is 10.0. The molecule has 4 rings (SSSR count). The zero-order chi connectivity index (χ0) is 29.4. The Morgan fingerprint density at radius 1 is 1.12 bits per heavy atom. The van der Waals surface area contributed by atoms with Crippen molar-refractivity contribution in [2.24, 2.45) is 4.99 Å². The minimum absolute atomic E-state index is 0.0443. The summed E-state index contributed by atoms with van der Waals surface area (Å²) in [4.78, 5) is 24.1. The Morgan fingerprint density at radius 3 is 2.35 bits per heavy atom. The Balaban J connectivity index is 1.80. The SMILES string of the molecule is [C-]#[N+]c1ccc(N2C(=S)N(c3ccc(O)cc3)C(C)(C)C2=NC(=O)Nc2ccc(C#N)c(C(F)(F)F)c2)cc1C. The summed E-state index contributed by atoms with van der Waals surface area (Å²) in [7, 11) is 0. The molecule has 0 radical (unpaired) electrons. The maximum Gasteiger partial charge on any atom is 0.417 e. The van der Waals surface area contributed by atoms with Crippen molar-refractivity contribution in [3.8, 4) is 11.8 Å². The number of phenols is 1. The lowest BCUT2D eigenvalue weighted by molar-refractivity contribution is -0.137. The van der Waals surface area contributed by atoms with Gasteiger partial charge in [-0.1, -0.05) is 6.07 Å². The lowest BCUT2D eigenvalue weighted by Gasteiger charge is -2.30. The van der Waals surface area contributed by atoms with Crippen molar-refractivity contribution in [1.29, 1.82) is 5.26 Å². The predicted octanol–water partition coefficient (Wildman–Crippen LogP) is 7.16. The van der Waals surface area contributed by atoms with Gasteiger partial charge in [-0.2, -0.15) is 23.4 Å². The molecular weight excluding hydrogens is 541 g/mol. The number of anilines is 3. The number of phenolic OH excluding ortho intramolecular Hbond substituents is 1. The normalized spacial score (nSPS) is 15.6. The van der Waals surface area contributed by atoms with Crippen LogP contribution >= 0.6 is 12.2 Å². The van der Waals surface area contributed by atoms with Crippen molar-refractivity contribution in [1.82, 2.24) is 0 Å². The van der Waals surface area contributed by atoms with Crippen molar-refractivity contribution >= 4 is 51.9 Å². The molecule has 0 saturated carbocycles. The molecule has 0 aromatic heterocycles. The molecule has 0 spiro atoms. The summed E-state index contributed by atoms with van der Waals surface area (Å²) < 4.78 is 40.3. The van der Waals surface area contributed by atoms with E-state index in [9.17, 15) is 23.1 Å². The van der Waals surface area contributed by atoms with Crippen LogP contribution in [0.15, 0.2) is 65.7 Å². The number of aromatic hydroxyl groups is 1. The van der Waals surface area contributed by atoms with Crippen LogP contribution in [0.3, 0.4) is 0 Å². The molecule has 8 nitrogen and oxygen atoms in total. The van der Waals surface area contributed by atoms with E-state index >= 15 is 0 Å². The first-order chi connectivity index (χ1) is 18.8. The molecule has 0 atom stereocenters. The van der Waals surface area contributed by atoms with E-state index in [-0.39, 0.29) is 22.4 Å². The van der Waals surface area contributed by atoms with E-state index in [1.165, 1.54) is 24.3 Å². The van der Waals surface area contributed by atoms with Crippen molar-refractivity contribution < 1.29 is 23.1 Å². The molecule has 0 bridgehead atoms. The number of nitriles is 1. The number of alkyl halides is 3. The van der Waals surface area contributed by atoms with E-state index in [1.54, 1.807) is 60.9 Å². The van der Waals surface area contributed by atoms with Gasteiger partial charge in [-0.25, -0.2) is 9.64 Å². The number of rotatable bonds is 3. The molecule has 2 N–H and O–H groups in total. The first-order valence-corrected chi connectivity index (χ1v) is 12.1. The van der Waals surface area contributed by atoms with Crippen molar-refractivity contribution in [2.75, 3.05) is 15.1 Å². The highest BCUT2D eigenvalue weighted by molar-refractivity contribution is 7.81. The number of thiocarbonyl (C=S) groups is 1. The van der Waals surface area contributed by atoms with Gasteiger partial charge in [0.2, 0.25) is 0 Å². The topological polar surface area (TPSA) is 96.3 Å². The summed E-state index contributed by atoms with van der Waals surface area (Å²) in [6, 6.07) is 14.6. The number of amides is 2. The van der Waals surface area contributed by atoms with Gasteiger partial charge in [0.25, 0.3) is 0 Å². The number of hydrogen-bond acceptors (Lipinski definition) is 4. The summed E-state index contributed by atoms with van der Waals surface area (Å²) in [5.41, 5.74) is -0.782. The average Bonchev–Trinajstić information content (AvgIpc) is 3.08. The van der Waals surface area contributed by atoms with E-state index in [0.717, 1.165) is 6.07 Å². The second-order valence-corrected chi connectivity index (χ2v) is 9.71. The van der Waals surface area contributed by atoms with Crippen LogP contribution in [-0.2, 0) is 6.18 Å². The fraction of sp³-hybridized carbons (Fsp3) is 0.179. The third-order valence-electron chi connectivity index (χ3n) is 6.27. The summed E-state index contributed by atoms with van der Waals surface area (Å²) >= 11 is 5.82. The lowest BCUT2D eigenvalue weighted by Crippen LogP contribution is -2.45. The van der Waals surface area contributed by atoms with Gasteiger partial charge in [0.15, 0.2) is 10.8 Å². The molecule has 1 aliphatic rings. The number of urea groups is 1. The van der Waals surface area contributed by atoms with E-state index in [0.29, 0.717) is 28.7 Å². The number of carbonyl (C=O) groups is 1. The number of hydrogen-bond donors (Lipinski definition) is 2. The molecule has 3 aromatic carbocycles. The average molecular weight is 563 g/mol. The summed E-state index contributed by atoms with van der Waals surface area (Å²) in [5, 5.41) is 21.4. The molecule has 3 aromatic rings. The Bertz CT molecular complexity index is 1640. The van der Waals surface area contributed by atoms with Crippen molar-refractivity contribution in [2.45, 2.75) is 32.5 Å². The van der Waals surface area contributed by atoms with Crippen LogP contribution in [0, 0.1) is 24.8 Å². The first-order valence-electron chi connectivity index (χ1n) is 11.7. The first kappa shape index (κ1) is 28.1. The second-order valence-electron chi connectivity index (χ2n) is 9.35. The van der Waals surface area contributed by atoms with Gasteiger partial charge in [-0.15, -0.1) is 0 Å². The number of benzene rings is 3. The number of nitrogens with zero attached hydrogens (tertiary/aromatic N) is 5. The maximum atomic E-state index is 13.4. The van der Waals surface area contributed by atoms with Crippen LogP contribution in [0.1, 0.15) is 30.5 Å². The second kappa shape index (κ2) is 10.3. The molecular formula is C28H21F3N6O2S. The fourth-order valence-electron chi connectivity index (χ4n) is 4.36. The van der Waals surface area contributed by atoms with Crippen LogP contribution in [-0.4, -0.2) is 27.6 Å². The summed E-state index contributed by atoms with van der Waals surface area (Å²) in [5.74, 6) is 0.213. The molecule has 2 amide bonds. The number of carbonyl (C=O) groups excluding carboxylic acids is 1. The zero-order valence-electron chi connectivity index (χ0n) is 21.4. The Kier molecular flexibility index (Phi) is 7.24. The molecule has 0 aliphatic carbocycles. The van der Waals surface area contributed by atoms with Gasteiger partial charge < -0.3 is 15.3 Å². The van der Waals surface area contributed by atoms with Gasteiger partial charge in [0, 0.05) is 17.1 Å². The van der Waals surface area contributed by atoms with Crippen molar-refractivity contribution in [3.05, 3.63) is 88.8 Å². The molecule has 1 heterocycles.